The van der Waals surface area contributed by atoms with Crippen molar-refractivity contribution in [2.24, 2.45) is 0 Å². The number of benzene rings is 1. The smallest absolute Gasteiger partial charge is 0.187 e. The van der Waals surface area contributed by atoms with Crippen molar-refractivity contribution in [2.45, 2.75) is 25.7 Å². The predicted molar refractivity (Wildman–Crippen MR) is 73.5 cm³/mol. The van der Waals surface area contributed by atoms with E-state index in [1.165, 1.54) is 29.8 Å². The van der Waals surface area contributed by atoms with Crippen molar-refractivity contribution in [1.82, 2.24) is 4.98 Å². The summed E-state index contributed by atoms with van der Waals surface area (Å²) in [7, 11) is 0. The van der Waals surface area contributed by atoms with Gasteiger partial charge in [0.25, 0.3) is 0 Å². The van der Waals surface area contributed by atoms with Crippen molar-refractivity contribution in [1.29, 1.82) is 0 Å². The van der Waals surface area contributed by atoms with Gasteiger partial charge < -0.3 is 5.32 Å². The lowest BCUT2D eigenvalue weighted by atomic mass is 10.0. The predicted octanol–water partition coefficient (Wildman–Crippen LogP) is 4.42. The SMILES string of the molecule is Clc1cccc(Nc2nc3c(s2)CCCC3)c1. The molecule has 0 amide bonds. The van der Waals surface area contributed by atoms with E-state index >= 15 is 0 Å². The Kier molecular flexibility index (Phi) is 3.04. The maximum atomic E-state index is 5.96. The first-order chi connectivity index (χ1) is 8.31. The maximum Gasteiger partial charge on any atom is 0.187 e. The number of aromatic nitrogens is 1. The molecule has 0 saturated carbocycles. The summed E-state index contributed by atoms with van der Waals surface area (Å²) in [5, 5.41) is 5.06. The quantitative estimate of drug-likeness (QED) is 0.869. The van der Waals surface area contributed by atoms with Crippen LogP contribution in [0.3, 0.4) is 0 Å². The fraction of sp³-hybridized carbons (Fsp3) is 0.308. The third-order valence-corrected chi connectivity index (χ3v) is 4.23. The van der Waals surface area contributed by atoms with Crippen LogP contribution in [0, 0.1) is 0 Å². The third kappa shape index (κ3) is 2.45. The van der Waals surface area contributed by atoms with E-state index in [1.807, 2.05) is 24.3 Å². The molecule has 1 N–H and O–H groups in total. The largest absolute Gasteiger partial charge is 0.331 e. The van der Waals surface area contributed by atoms with E-state index in [9.17, 15) is 0 Å². The number of fused-ring (bicyclic) bond motifs is 1. The van der Waals surface area contributed by atoms with Crippen LogP contribution >= 0.6 is 22.9 Å². The van der Waals surface area contributed by atoms with Crippen molar-refractivity contribution >= 4 is 33.8 Å². The summed E-state index contributed by atoms with van der Waals surface area (Å²) in [4.78, 5) is 6.09. The number of nitrogens with zero attached hydrogens (tertiary/aromatic N) is 1. The summed E-state index contributed by atoms with van der Waals surface area (Å²) >= 11 is 7.73. The Morgan fingerprint density at radius 2 is 2.12 bits per heavy atom. The normalized spacial score (nSPS) is 14.4. The first-order valence-corrected chi connectivity index (χ1v) is 7.02. The van der Waals surface area contributed by atoms with E-state index < -0.39 is 0 Å². The van der Waals surface area contributed by atoms with Crippen molar-refractivity contribution in [3.8, 4) is 0 Å². The van der Waals surface area contributed by atoms with Crippen LogP contribution in [0.1, 0.15) is 23.4 Å². The fourth-order valence-corrected chi connectivity index (χ4v) is 3.36. The molecule has 0 atom stereocenters. The molecule has 2 aromatic rings. The molecule has 0 fully saturated rings. The van der Waals surface area contributed by atoms with Crippen molar-refractivity contribution in [2.75, 3.05) is 5.32 Å². The summed E-state index contributed by atoms with van der Waals surface area (Å²) in [5.74, 6) is 0. The summed E-state index contributed by atoms with van der Waals surface area (Å²) in [6.45, 7) is 0. The first-order valence-electron chi connectivity index (χ1n) is 5.82. The van der Waals surface area contributed by atoms with E-state index in [2.05, 4.69) is 10.3 Å². The highest BCUT2D eigenvalue weighted by Gasteiger charge is 2.14. The molecule has 0 aliphatic heterocycles. The lowest BCUT2D eigenvalue weighted by Gasteiger charge is -2.06. The van der Waals surface area contributed by atoms with Gasteiger partial charge in [0.05, 0.1) is 5.69 Å². The van der Waals surface area contributed by atoms with Gasteiger partial charge in [-0.3, -0.25) is 0 Å². The van der Waals surface area contributed by atoms with Gasteiger partial charge in [0, 0.05) is 15.6 Å². The molecule has 17 heavy (non-hydrogen) atoms. The van der Waals surface area contributed by atoms with Gasteiger partial charge in [-0.05, 0) is 43.9 Å². The molecule has 2 nitrogen and oxygen atoms in total. The standard InChI is InChI=1S/C13H13ClN2S/c14-9-4-3-5-10(8-9)15-13-16-11-6-1-2-7-12(11)17-13/h3-5,8H,1-2,6-7H2,(H,15,16). The Morgan fingerprint density at radius 1 is 1.24 bits per heavy atom. The molecular formula is C13H13ClN2S. The zero-order valence-corrected chi connectivity index (χ0v) is 10.9. The zero-order valence-electron chi connectivity index (χ0n) is 9.37. The molecule has 1 aromatic carbocycles. The number of hydrogen-bond acceptors (Lipinski definition) is 3. The van der Waals surface area contributed by atoms with E-state index in [1.54, 1.807) is 11.3 Å². The van der Waals surface area contributed by atoms with Crippen LogP contribution in [-0.2, 0) is 12.8 Å². The molecule has 0 spiro atoms. The van der Waals surface area contributed by atoms with Crippen molar-refractivity contribution < 1.29 is 0 Å². The van der Waals surface area contributed by atoms with Crippen LogP contribution in [0.5, 0.6) is 0 Å². The molecule has 0 radical (unpaired) electrons. The van der Waals surface area contributed by atoms with E-state index in [0.29, 0.717) is 0 Å². The Balaban J connectivity index is 1.83. The molecule has 1 aromatic heterocycles. The van der Waals surface area contributed by atoms with Gasteiger partial charge >= 0.3 is 0 Å². The number of anilines is 2. The molecule has 1 heterocycles. The molecule has 4 heteroatoms. The second kappa shape index (κ2) is 4.67. The number of hydrogen-bond donors (Lipinski definition) is 1. The van der Waals surface area contributed by atoms with Gasteiger partial charge in [0.1, 0.15) is 0 Å². The number of aryl methyl sites for hydroxylation is 2. The summed E-state index contributed by atoms with van der Waals surface area (Å²) in [6.07, 6.45) is 4.88. The van der Waals surface area contributed by atoms with Crippen LogP contribution in [0.15, 0.2) is 24.3 Å². The highest BCUT2D eigenvalue weighted by molar-refractivity contribution is 7.15. The summed E-state index contributed by atoms with van der Waals surface area (Å²) in [5.41, 5.74) is 2.29. The lowest BCUT2D eigenvalue weighted by molar-refractivity contribution is 0.683. The van der Waals surface area contributed by atoms with E-state index in [0.717, 1.165) is 22.3 Å². The molecule has 3 rings (SSSR count). The van der Waals surface area contributed by atoms with Crippen LogP contribution in [-0.4, -0.2) is 4.98 Å². The minimum absolute atomic E-state index is 0.747. The Morgan fingerprint density at radius 3 is 2.94 bits per heavy atom. The molecule has 0 unspecified atom stereocenters. The van der Waals surface area contributed by atoms with Crippen LogP contribution < -0.4 is 5.32 Å². The minimum atomic E-state index is 0.747. The lowest BCUT2D eigenvalue weighted by Crippen LogP contribution is -1.99. The Hall–Kier alpha value is -1.06. The highest BCUT2D eigenvalue weighted by Crippen LogP contribution is 2.31. The Labute approximate surface area is 110 Å². The van der Waals surface area contributed by atoms with Crippen molar-refractivity contribution in [3.63, 3.8) is 0 Å². The summed E-state index contributed by atoms with van der Waals surface area (Å²) < 4.78 is 0. The Bertz CT molecular complexity index is 512. The molecular weight excluding hydrogens is 252 g/mol. The average molecular weight is 265 g/mol. The highest BCUT2D eigenvalue weighted by atomic mass is 35.5. The summed E-state index contributed by atoms with van der Waals surface area (Å²) in [6, 6.07) is 7.74. The van der Waals surface area contributed by atoms with Crippen LogP contribution in [0.2, 0.25) is 5.02 Å². The van der Waals surface area contributed by atoms with Gasteiger partial charge in [0.15, 0.2) is 5.13 Å². The van der Waals surface area contributed by atoms with Crippen LogP contribution in [0.25, 0.3) is 0 Å². The molecule has 0 bridgehead atoms. The first kappa shape index (κ1) is 11.1. The zero-order chi connectivity index (χ0) is 11.7. The maximum absolute atomic E-state index is 5.96. The van der Waals surface area contributed by atoms with Gasteiger partial charge in [-0.1, -0.05) is 17.7 Å². The third-order valence-electron chi connectivity index (χ3n) is 2.92. The fourth-order valence-electron chi connectivity index (χ4n) is 2.10. The minimum Gasteiger partial charge on any atom is -0.331 e. The van der Waals surface area contributed by atoms with Crippen LogP contribution in [0.4, 0.5) is 10.8 Å². The topological polar surface area (TPSA) is 24.9 Å². The number of rotatable bonds is 2. The molecule has 1 aliphatic rings. The monoisotopic (exact) mass is 264 g/mol. The second-order valence-corrected chi connectivity index (χ2v) is 5.75. The van der Waals surface area contributed by atoms with Gasteiger partial charge in [-0.2, -0.15) is 0 Å². The van der Waals surface area contributed by atoms with Crippen molar-refractivity contribution in [3.05, 3.63) is 39.9 Å². The molecule has 1 aliphatic carbocycles. The number of halogens is 1. The number of nitrogens with one attached hydrogen (secondary N) is 1. The van der Waals surface area contributed by atoms with E-state index in [-0.39, 0.29) is 0 Å². The van der Waals surface area contributed by atoms with E-state index in [4.69, 9.17) is 11.6 Å². The van der Waals surface area contributed by atoms with Gasteiger partial charge in [0.2, 0.25) is 0 Å². The second-order valence-electron chi connectivity index (χ2n) is 4.23. The van der Waals surface area contributed by atoms with Gasteiger partial charge in [-0.25, -0.2) is 4.98 Å². The molecule has 0 saturated heterocycles. The molecule has 88 valence electrons. The average Bonchev–Trinajstić information content (AvgIpc) is 2.71. The van der Waals surface area contributed by atoms with Gasteiger partial charge in [-0.15, -0.1) is 11.3 Å². The number of thiazole rings is 1.